The average molecular weight is 776 g/mol. The number of benzene rings is 4. The smallest absolute Gasteiger partial charge is 0.258 e. The minimum atomic E-state index is -2.70. The SMILES string of the molecule is Cc1ccc(N2C(=O)C3CC=C4C(CC5(Cl)C(=O)N(c6c(F)c(F)c(F)c(F)c6F)C(=O)C5(Cl)C4c4ccc(O)c5ccccc45)C3C2=O)cc1Cl. The zero-order valence-corrected chi connectivity index (χ0v) is 28.8. The van der Waals surface area contributed by atoms with Gasteiger partial charge in [-0.15, -0.1) is 23.2 Å². The number of allylic oxidation sites excluding steroid dienone is 2. The molecule has 2 aliphatic heterocycles. The number of anilines is 2. The van der Waals surface area contributed by atoms with Crippen molar-refractivity contribution in [2.24, 2.45) is 17.8 Å². The maximum atomic E-state index is 15.3. The minimum Gasteiger partial charge on any atom is -0.507 e. The van der Waals surface area contributed by atoms with Crippen LogP contribution in [-0.2, 0) is 19.2 Å². The van der Waals surface area contributed by atoms with Crippen molar-refractivity contribution in [1.29, 1.82) is 0 Å². The van der Waals surface area contributed by atoms with E-state index in [0.29, 0.717) is 16.0 Å². The number of halogens is 8. The van der Waals surface area contributed by atoms with Gasteiger partial charge in [-0.05, 0) is 60.4 Å². The van der Waals surface area contributed by atoms with E-state index in [2.05, 4.69) is 0 Å². The number of hydrogen-bond acceptors (Lipinski definition) is 5. The number of carbonyl (C=O) groups excluding carboxylic acids is 4. The molecule has 0 radical (unpaired) electrons. The van der Waals surface area contributed by atoms with Crippen molar-refractivity contribution >= 4 is 80.6 Å². The molecular weight excluding hydrogens is 754 g/mol. The molecule has 3 fully saturated rings. The number of nitrogens with zero attached hydrogens (tertiary/aromatic N) is 2. The number of amides is 4. The van der Waals surface area contributed by atoms with Crippen LogP contribution in [-0.4, -0.2) is 38.5 Å². The highest BCUT2D eigenvalue weighted by Crippen LogP contribution is 2.66. The fourth-order valence-corrected chi connectivity index (χ4v) is 9.55. The summed E-state index contributed by atoms with van der Waals surface area (Å²) in [5.41, 5.74) is -0.502. The van der Waals surface area contributed by atoms with E-state index in [4.69, 9.17) is 34.8 Å². The molecule has 6 unspecified atom stereocenters. The summed E-state index contributed by atoms with van der Waals surface area (Å²) in [6, 6.07) is 13.7. The van der Waals surface area contributed by atoms with Crippen LogP contribution in [0, 0.1) is 53.8 Å². The molecule has 4 aliphatic rings. The number of aryl methyl sites for hydroxylation is 1. The van der Waals surface area contributed by atoms with Gasteiger partial charge in [0, 0.05) is 16.3 Å². The molecule has 0 aromatic heterocycles. The summed E-state index contributed by atoms with van der Waals surface area (Å²) in [5, 5.41) is 11.6. The van der Waals surface area contributed by atoms with Crippen molar-refractivity contribution in [2.45, 2.75) is 35.4 Å². The van der Waals surface area contributed by atoms with E-state index in [1.807, 2.05) is 0 Å². The van der Waals surface area contributed by atoms with Crippen LogP contribution < -0.4 is 9.80 Å². The molecule has 4 amide bonds. The number of alkyl halides is 2. The Labute approximate surface area is 306 Å². The van der Waals surface area contributed by atoms with Gasteiger partial charge in [0.15, 0.2) is 33.0 Å². The van der Waals surface area contributed by atoms with E-state index in [-0.39, 0.29) is 39.3 Å². The molecule has 1 N–H and O–H groups in total. The van der Waals surface area contributed by atoms with E-state index >= 15 is 8.78 Å². The second-order valence-electron chi connectivity index (χ2n) is 13.4. The molecule has 6 atom stereocenters. The van der Waals surface area contributed by atoms with Crippen molar-refractivity contribution in [3.8, 4) is 5.75 Å². The molecule has 2 saturated heterocycles. The van der Waals surface area contributed by atoms with Crippen molar-refractivity contribution < 1.29 is 46.2 Å². The largest absolute Gasteiger partial charge is 0.507 e. The second-order valence-corrected chi connectivity index (χ2v) is 15.0. The van der Waals surface area contributed by atoms with E-state index in [1.54, 1.807) is 49.4 Å². The lowest BCUT2D eigenvalue weighted by Crippen LogP contribution is -2.60. The molecule has 8 rings (SSSR count). The molecule has 0 spiro atoms. The van der Waals surface area contributed by atoms with Gasteiger partial charge in [-0.3, -0.25) is 19.2 Å². The standard InChI is InChI=1S/C37H22Cl3F5N2O5/c1-14-6-7-15(12-22(14)38)46-32(49)20-9-8-19-21(24(20)33(46)50)13-36(39)34(51)47(31-29(44)27(42)26(41)28(43)30(31)45)35(52)37(36,40)25(19)18-10-11-23(48)17-5-3-2-4-16(17)18/h2-8,10-12,20-21,24-25,48H,9,13H2,1H3. The topological polar surface area (TPSA) is 95.0 Å². The molecule has 266 valence electrons. The number of fused-ring (bicyclic) bond motifs is 5. The summed E-state index contributed by atoms with van der Waals surface area (Å²) >= 11 is 20.8. The molecule has 15 heteroatoms. The van der Waals surface area contributed by atoms with Gasteiger partial charge in [0.25, 0.3) is 11.8 Å². The molecule has 4 aromatic carbocycles. The summed E-state index contributed by atoms with van der Waals surface area (Å²) < 4.78 is 73.8. The first-order valence-corrected chi connectivity index (χ1v) is 17.0. The highest BCUT2D eigenvalue weighted by atomic mass is 35.5. The van der Waals surface area contributed by atoms with Crippen LogP contribution in [0.4, 0.5) is 33.3 Å². The van der Waals surface area contributed by atoms with E-state index in [0.717, 1.165) is 4.90 Å². The lowest BCUT2D eigenvalue weighted by atomic mass is 9.56. The third-order valence-corrected chi connectivity index (χ3v) is 12.7. The van der Waals surface area contributed by atoms with Crippen LogP contribution in [0.3, 0.4) is 0 Å². The van der Waals surface area contributed by atoms with Gasteiger partial charge in [-0.25, -0.2) is 31.8 Å². The Balaban J connectivity index is 1.36. The van der Waals surface area contributed by atoms with Gasteiger partial charge in [0.2, 0.25) is 17.6 Å². The molecule has 1 saturated carbocycles. The normalized spacial score (nSPS) is 28.4. The maximum Gasteiger partial charge on any atom is 0.258 e. The Morgan fingerprint density at radius 3 is 2.06 bits per heavy atom. The van der Waals surface area contributed by atoms with Crippen molar-refractivity contribution in [3.63, 3.8) is 0 Å². The first-order valence-electron chi connectivity index (χ1n) is 15.9. The number of carbonyl (C=O) groups is 4. The van der Waals surface area contributed by atoms with Gasteiger partial charge in [0.1, 0.15) is 11.4 Å². The molecule has 7 nitrogen and oxygen atoms in total. The first kappa shape index (κ1) is 34.6. The van der Waals surface area contributed by atoms with Crippen LogP contribution in [0.5, 0.6) is 5.75 Å². The third kappa shape index (κ3) is 4.25. The van der Waals surface area contributed by atoms with Gasteiger partial charge in [-0.1, -0.05) is 59.6 Å². The average Bonchev–Trinajstić information content (AvgIpc) is 3.46. The summed E-state index contributed by atoms with van der Waals surface area (Å²) in [5.74, 6) is -21.6. The predicted octanol–water partition coefficient (Wildman–Crippen LogP) is 7.97. The molecule has 52 heavy (non-hydrogen) atoms. The molecule has 2 heterocycles. The summed E-state index contributed by atoms with van der Waals surface area (Å²) in [6.07, 6.45) is 0.930. The highest BCUT2D eigenvalue weighted by Gasteiger charge is 2.77. The monoisotopic (exact) mass is 774 g/mol. The quantitative estimate of drug-likeness (QED) is 0.0569. The van der Waals surface area contributed by atoms with E-state index in [1.165, 1.54) is 18.2 Å². The Kier molecular flexibility index (Phi) is 7.64. The van der Waals surface area contributed by atoms with Crippen LogP contribution in [0.15, 0.2) is 66.2 Å². The van der Waals surface area contributed by atoms with Crippen LogP contribution in [0.2, 0.25) is 5.02 Å². The molecule has 0 bridgehead atoms. The fraction of sp³-hybridized carbons (Fsp3) is 0.243. The van der Waals surface area contributed by atoms with Gasteiger partial charge < -0.3 is 5.11 Å². The number of rotatable bonds is 3. The number of hydrogen-bond donors (Lipinski definition) is 1. The van der Waals surface area contributed by atoms with Gasteiger partial charge in [0.05, 0.1) is 17.5 Å². The van der Waals surface area contributed by atoms with Crippen LogP contribution in [0.1, 0.15) is 29.9 Å². The molecule has 2 aliphatic carbocycles. The van der Waals surface area contributed by atoms with E-state index in [9.17, 15) is 37.5 Å². The Hall–Kier alpha value is -4.52. The second kappa shape index (κ2) is 11.5. The Bertz CT molecular complexity index is 2360. The number of phenols is 1. The Morgan fingerprint density at radius 2 is 1.40 bits per heavy atom. The summed E-state index contributed by atoms with van der Waals surface area (Å²) in [7, 11) is 0. The highest BCUT2D eigenvalue weighted by molar-refractivity contribution is 6.58. The zero-order valence-electron chi connectivity index (χ0n) is 26.5. The van der Waals surface area contributed by atoms with Crippen molar-refractivity contribution in [3.05, 3.63) is 111 Å². The number of imide groups is 2. The maximum absolute atomic E-state index is 15.3. The number of aromatic hydroxyl groups is 1. The number of phenolic OH excluding ortho intramolecular Hbond substituents is 1. The predicted molar refractivity (Wildman–Crippen MR) is 181 cm³/mol. The minimum absolute atomic E-state index is 0.0323. The first-order chi connectivity index (χ1) is 24.6. The van der Waals surface area contributed by atoms with E-state index < -0.39 is 98.2 Å². The lowest BCUT2D eigenvalue weighted by molar-refractivity contribution is -0.125. The summed E-state index contributed by atoms with van der Waals surface area (Å²) in [6.45, 7) is 1.73. The molecule has 4 aromatic rings. The third-order valence-electron chi connectivity index (χ3n) is 10.9. The zero-order chi connectivity index (χ0) is 37.3. The van der Waals surface area contributed by atoms with Crippen LogP contribution >= 0.6 is 34.8 Å². The van der Waals surface area contributed by atoms with Gasteiger partial charge >= 0.3 is 0 Å². The fourth-order valence-electron chi connectivity index (χ4n) is 8.45. The van der Waals surface area contributed by atoms with Gasteiger partial charge in [-0.2, -0.15) is 0 Å². The van der Waals surface area contributed by atoms with Crippen molar-refractivity contribution in [2.75, 3.05) is 9.80 Å². The van der Waals surface area contributed by atoms with Crippen LogP contribution in [0.25, 0.3) is 10.8 Å². The van der Waals surface area contributed by atoms with Crippen molar-refractivity contribution in [1.82, 2.24) is 0 Å². The summed E-state index contributed by atoms with van der Waals surface area (Å²) in [4.78, 5) is 52.7. The lowest BCUT2D eigenvalue weighted by Gasteiger charge is -2.51. The Morgan fingerprint density at radius 1 is 0.769 bits per heavy atom. The molecular formula is C37H22Cl3F5N2O5.